The number of rotatable bonds is 10. The number of esters is 2. The van der Waals surface area contributed by atoms with Gasteiger partial charge in [0.15, 0.2) is 0 Å². The van der Waals surface area contributed by atoms with E-state index >= 15 is 0 Å². The minimum absolute atomic E-state index is 0. The third-order valence-corrected chi connectivity index (χ3v) is 5.00. The van der Waals surface area contributed by atoms with Crippen LogP contribution in [0.25, 0.3) is 0 Å². The summed E-state index contributed by atoms with van der Waals surface area (Å²) in [6.07, 6.45) is -5.49. The zero-order valence-electron chi connectivity index (χ0n) is 20.5. The molecule has 0 aliphatic carbocycles. The van der Waals surface area contributed by atoms with Crippen molar-refractivity contribution in [2.75, 3.05) is 14.2 Å². The van der Waals surface area contributed by atoms with E-state index in [0.717, 1.165) is 14.2 Å². The molecule has 2 aromatic rings. The molecule has 0 radical (unpaired) electrons. The maximum Gasteiger partial charge on any atom is 2.00 e. The van der Waals surface area contributed by atoms with Crippen LogP contribution < -0.4 is 10.2 Å². The van der Waals surface area contributed by atoms with Crippen molar-refractivity contribution in [2.45, 2.75) is 23.4 Å². The maximum absolute atomic E-state index is 12.0. The van der Waals surface area contributed by atoms with Gasteiger partial charge in [-0.05, 0) is 0 Å². The number of hydrogen-bond acceptors (Lipinski definition) is 14. The Bertz CT molecular complexity index is 1090. The van der Waals surface area contributed by atoms with Crippen LogP contribution in [0.2, 0.25) is 0 Å². The van der Waals surface area contributed by atoms with E-state index in [-0.39, 0.29) is 48.9 Å². The molecule has 0 aliphatic heterocycles. The molecule has 204 valence electrons. The standard InChI is InChI=1S/2C12H12O7.Ca/c2*1-19-11(17)12(18,9(14)10(15)16)8(13)7-5-3-2-4-6-7;/h2*2-6,9,14,18H,1H3,(H,15,16);/q;;+2/p-2/t2*9-,12+;/m11./s1. The average Bonchev–Trinajstić information content (AvgIpc) is 2.94. The summed E-state index contributed by atoms with van der Waals surface area (Å²) in [6, 6.07) is 13.9. The minimum atomic E-state index is -3.26. The number of hydrogen-bond donors (Lipinski definition) is 4. The van der Waals surface area contributed by atoms with Crippen molar-refractivity contribution in [2.24, 2.45) is 0 Å². The maximum atomic E-state index is 12.0. The zero-order valence-corrected chi connectivity index (χ0v) is 22.7. The number of Topliss-reactive ketones (excluding diaryl/α,β-unsaturated/α-hetero) is 2. The van der Waals surface area contributed by atoms with Gasteiger partial charge in [-0.2, -0.15) is 0 Å². The fourth-order valence-corrected chi connectivity index (χ4v) is 2.93. The molecule has 14 nitrogen and oxygen atoms in total. The largest absolute Gasteiger partial charge is 2.00 e. The fraction of sp³-hybridized carbons (Fsp3) is 0.250. The molecule has 0 saturated carbocycles. The van der Waals surface area contributed by atoms with Crippen molar-refractivity contribution in [3.05, 3.63) is 71.8 Å². The number of aliphatic carboxylic acids is 2. The topological polar surface area (TPSA) is 248 Å². The first-order valence-corrected chi connectivity index (χ1v) is 10.3. The summed E-state index contributed by atoms with van der Waals surface area (Å²) >= 11 is 0. The average molecular weight is 575 g/mol. The first kappa shape index (κ1) is 35.8. The molecule has 0 amide bonds. The van der Waals surface area contributed by atoms with Gasteiger partial charge in [0, 0.05) is 11.1 Å². The number of carbonyl (C=O) groups excluding carboxylic acids is 6. The fourth-order valence-electron chi connectivity index (χ4n) is 2.93. The smallest absolute Gasteiger partial charge is 0.547 e. The molecule has 0 saturated heterocycles. The van der Waals surface area contributed by atoms with Gasteiger partial charge in [-0.1, -0.05) is 60.7 Å². The van der Waals surface area contributed by atoms with Crippen molar-refractivity contribution < 1.29 is 68.9 Å². The van der Waals surface area contributed by atoms with Gasteiger partial charge in [-0.3, -0.25) is 9.59 Å². The summed E-state index contributed by atoms with van der Waals surface area (Å²) in [5.74, 6) is -10.1. The van der Waals surface area contributed by atoms with Crippen LogP contribution in [-0.4, -0.2) is 131 Å². The Hall–Kier alpha value is -3.24. The van der Waals surface area contributed by atoms with Crippen LogP contribution >= 0.6 is 0 Å². The second kappa shape index (κ2) is 15.4. The Morgan fingerprint density at radius 3 is 1.10 bits per heavy atom. The van der Waals surface area contributed by atoms with Crippen LogP contribution in [0.1, 0.15) is 20.7 Å². The molecule has 0 spiro atoms. The first-order valence-electron chi connectivity index (χ1n) is 10.3. The van der Waals surface area contributed by atoms with Crippen LogP contribution in [0.4, 0.5) is 0 Å². The summed E-state index contributed by atoms with van der Waals surface area (Å²) in [7, 11) is 1.68. The Morgan fingerprint density at radius 2 is 0.897 bits per heavy atom. The number of carboxylic acid groups (broad SMARTS) is 2. The number of ether oxygens (including phenoxy) is 2. The molecule has 4 atom stereocenters. The number of methoxy groups -OCH3 is 2. The Balaban J connectivity index is 0.000000722. The van der Waals surface area contributed by atoms with E-state index in [4.69, 9.17) is 0 Å². The molecule has 0 fully saturated rings. The minimum Gasteiger partial charge on any atom is -0.547 e. The van der Waals surface area contributed by atoms with Crippen LogP contribution in [0, 0.1) is 0 Å². The first-order chi connectivity index (χ1) is 17.7. The second-order valence-corrected chi connectivity index (χ2v) is 7.35. The third kappa shape index (κ3) is 7.89. The SMILES string of the molecule is COC(=O)[C@](O)(C(=O)c1ccccc1)[C@H](O)C(=O)[O-].COC(=O)[C@](O)(C(=O)c1ccccc1)[C@H](O)C(=O)[O-].[Ca+2]. The van der Waals surface area contributed by atoms with Crippen LogP contribution in [0.5, 0.6) is 0 Å². The van der Waals surface area contributed by atoms with E-state index < -0.39 is 58.9 Å². The molecule has 4 N–H and O–H groups in total. The van der Waals surface area contributed by atoms with Gasteiger partial charge < -0.3 is 49.7 Å². The van der Waals surface area contributed by atoms with Crippen molar-refractivity contribution in [1.29, 1.82) is 0 Å². The molecule has 0 heterocycles. The van der Waals surface area contributed by atoms with Crippen molar-refractivity contribution >= 4 is 73.2 Å². The van der Waals surface area contributed by atoms with E-state index in [1.54, 1.807) is 12.1 Å². The van der Waals surface area contributed by atoms with E-state index in [1.165, 1.54) is 48.5 Å². The predicted molar refractivity (Wildman–Crippen MR) is 123 cm³/mol. The molecule has 2 aromatic carbocycles. The van der Waals surface area contributed by atoms with Gasteiger partial charge in [0.2, 0.25) is 11.6 Å². The molecule has 15 heteroatoms. The molecule has 39 heavy (non-hydrogen) atoms. The summed E-state index contributed by atoms with van der Waals surface area (Å²) in [5, 5.41) is 59.8. The van der Waals surface area contributed by atoms with Gasteiger partial charge in [0.05, 0.1) is 26.2 Å². The summed E-state index contributed by atoms with van der Waals surface area (Å²) in [5.41, 5.74) is -6.82. The van der Waals surface area contributed by atoms with Crippen molar-refractivity contribution in [1.82, 2.24) is 0 Å². The Morgan fingerprint density at radius 1 is 0.641 bits per heavy atom. The van der Waals surface area contributed by atoms with Crippen molar-refractivity contribution in [3.8, 4) is 0 Å². The summed E-state index contributed by atoms with van der Waals surface area (Å²) in [6.45, 7) is 0. The number of aliphatic hydroxyl groups excluding tert-OH is 2. The number of aliphatic hydroxyl groups is 4. The third-order valence-electron chi connectivity index (χ3n) is 5.00. The van der Waals surface area contributed by atoms with Gasteiger partial charge >= 0.3 is 49.7 Å². The van der Waals surface area contributed by atoms with Gasteiger partial charge in [0.25, 0.3) is 11.2 Å². The second-order valence-electron chi connectivity index (χ2n) is 7.35. The molecule has 0 unspecified atom stereocenters. The van der Waals surface area contributed by atoms with E-state index in [9.17, 15) is 59.4 Å². The molecule has 0 bridgehead atoms. The number of carbonyl (C=O) groups is 6. The molecule has 0 aromatic heterocycles. The molecule has 2 rings (SSSR count). The number of benzene rings is 2. The molecular weight excluding hydrogens is 552 g/mol. The predicted octanol–water partition coefficient (Wildman–Crippen LogP) is -4.61. The number of carboxylic acids is 2. The zero-order chi connectivity index (χ0) is 29.3. The van der Waals surface area contributed by atoms with E-state index in [0.29, 0.717) is 0 Å². The van der Waals surface area contributed by atoms with Gasteiger partial charge in [0.1, 0.15) is 12.2 Å². The van der Waals surface area contributed by atoms with Gasteiger partial charge in [-0.25, -0.2) is 9.59 Å². The van der Waals surface area contributed by atoms with Crippen molar-refractivity contribution in [3.63, 3.8) is 0 Å². The van der Waals surface area contributed by atoms with E-state index in [1.807, 2.05) is 0 Å². The monoisotopic (exact) mass is 574 g/mol. The molecule has 0 aliphatic rings. The summed E-state index contributed by atoms with van der Waals surface area (Å²) < 4.78 is 8.34. The van der Waals surface area contributed by atoms with Crippen LogP contribution in [-0.2, 0) is 28.7 Å². The Kier molecular flexibility index (Phi) is 14.1. The normalized spacial score (nSPS) is 14.7. The quantitative estimate of drug-likeness (QED) is 0.0902. The van der Waals surface area contributed by atoms with Crippen LogP contribution in [0.3, 0.4) is 0 Å². The van der Waals surface area contributed by atoms with E-state index in [2.05, 4.69) is 9.47 Å². The number of ketones is 2. The van der Waals surface area contributed by atoms with Crippen LogP contribution in [0.15, 0.2) is 60.7 Å². The van der Waals surface area contributed by atoms with Gasteiger partial charge in [-0.15, -0.1) is 0 Å². The molecular formula is C24H22CaO14. The Labute approximate surface area is 250 Å². The summed E-state index contributed by atoms with van der Waals surface area (Å²) in [4.78, 5) is 68.2.